The summed E-state index contributed by atoms with van der Waals surface area (Å²) < 4.78 is 52.2. The first kappa shape index (κ1) is 24.8. The number of carbonyl (C=O) groups excluding carboxylic acids is 3. The van der Waals surface area contributed by atoms with Crippen molar-refractivity contribution >= 4 is 61.2 Å². The Hall–Kier alpha value is -3.92. The van der Waals surface area contributed by atoms with Crippen LogP contribution in [0.3, 0.4) is 0 Å². The third kappa shape index (κ3) is 4.64. The van der Waals surface area contributed by atoms with Crippen molar-refractivity contribution in [3.8, 4) is 0 Å². The van der Waals surface area contributed by atoms with Gasteiger partial charge in [-0.1, -0.05) is 30.3 Å². The molecular formula is C24H18AsF3N4O5. The molecule has 37 heavy (non-hydrogen) atoms. The standard InChI is InChI=1S/C24H18AsF3N4O5/c25-20-19-15-8-14(24(26,27)28)6-7-16(15)31(21(19)30-12-29-20)9-18(33)32-17(11-37-23(32)35)22(34)36-10-13-4-2-1-3-5-13/h1-8,12,17H,9-11,25H2/t17-/m0/s1. The predicted molar refractivity (Wildman–Crippen MR) is 126 cm³/mol. The van der Waals surface area contributed by atoms with Crippen molar-refractivity contribution in [2.45, 2.75) is 25.4 Å². The Labute approximate surface area is 215 Å². The van der Waals surface area contributed by atoms with E-state index in [2.05, 4.69) is 9.97 Å². The second kappa shape index (κ2) is 9.51. The van der Waals surface area contributed by atoms with E-state index in [0.717, 1.165) is 34.5 Å². The van der Waals surface area contributed by atoms with Crippen molar-refractivity contribution in [2.24, 2.45) is 0 Å². The summed E-state index contributed by atoms with van der Waals surface area (Å²) in [5.74, 6) is -1.62. The average molecular weight is 574 g/mol. The van der Waals surface area contributed by atoms with E-state index >= 15 is 0 Å². The van der Waals surface area contributed by atoms with Crippen molar-refractivity contribution < 1.29 is 37.0 Å². The molecule has 2 aromatic heterocycles. The quantitative estimate of drug-likeness (QED) is 0.265. The Morgan fingerprint density at radius 3 is 2.62 bits per heavy atom. The second-order valence-electron chi connectivity index (χ2n) is 8.22. The molecule has 1 unspecified atom stereocenters. The van der Waals surface area contributed by atoms with Crippen LogP contribution in [0.15, 0.2) is 54.9 Å². The summed E-state index contributed by atoms with van der Waals surface area (Å²) in [7, 11) is 0. The van der Waals surface area contributed by atoms with Crippen LogP contribution in [-0.2, 0) is 38.4 Å². The van der Waals surface area contributed by atoms with Crippen LogP contribution in [0.4, 0.5) is 18.0 Å². The predicted octanol–water partition coefficient (Wildman–Crippen LogP) is 1.95. The minimum absolute atomic E-state index is 0.0568. The molecule has 0 N–H and O–H groups in total. The number of benzene rings is 2. The summed E-state index contributed by atoms with van der Waals surface area (Å²) in [4.78, 5) is 47.3. The number of fused-ring (bicyclic) bond motifs is 3. The molecule has 0 bridgehead atoms. The molecule has 3 heterocycles. The fourth-order valence-electron chi connectivity index (χ4n) is 4.18. The van der Waals surface area contributed by atoms with Crippen LogP contribution in [0.5, 0.6) is 0 Å². The van der Waals surface area contributed by atoms with E-state index < -0.39 is 42.3 Å². The molecule has 1 fully saturated rings. The number of esters is 1. The number of hydrogen-bond donors (Lipinski definition) is 0. The third-order valence-electron chi connectivity index (χ3n) is 5.93. The molecule has 4 aromatic rings. The maximum absolute atomic E-state index is 13.4. The van der Waals surface area contributed by atoms with Crippen LogP contribution in [0, 0.1) is 0 Å². The summed E-state index contributed by atoms with van der Waals surface area (Å²) in [6.07, 6.45) is -4.33. The van der Waals surface area contributed by atoms with Gasteiger partial charge in [0.05, 0.1) is 0 Å². The van der Waals surface area contributed by atoms with E-state index in [-0.39, 0.29) is 24.2 Å². The van der Waals surface area contributed by atoms with Crippen LogP contribution in [0.1, 0.15) is 11.1 Å². The average Bonchev–Trinajstić information content (AvgIpc) is 3.41. The number of carbonyl (C=O) groups is 3. The van der Waals surface area contributed by atoms with Gasteiger partial charge in [0, 0.05) is 0 Å². The van der Waals surface area contributed by atoms with Gasteiger partial charge in [0.1, 0.15) is 0 Å². The second-order valence-corrected chi connectivity index (χ2v) is 9.37. The number of halogens is 3. The van der Waals surface area contributed by atoms with Crippen LogP contribution in [-0.4, -0.2) is 66.9 Å². The molecule has 0 radical (unpaired) electrons. The zero-order valence-electron chi connectivity index (χ0n) is 18.9. The van der Waals surface area contributed by atoms with Gasteiger partial charge in [-0.2, -0.15) is 0 Å². The number of alkyl halides is 3. The van der Waals surface area contributed by atoms with Crippen LogP contribution >= 0.6 is 0 Å². The van der Waals surface area contributed by atoms with E-state index in [1.165, 1.54) is 17.0 Å². The third-order valence-corrected chi connectivity index (χ3v) is 6.85. The summed E-state index contributed by atoms with van der Waals surface area (Å²) >= 11 is 1.08. The first-order valence-corrected chi connectivity index (χ1v) is 12.2. The molecule has 1 aliphatic rings. The van der Waals surface area contributed by atoms with Gasteiger partial charge >= 0.3 is 185 Å². The topological polar surface area (TPSA) is 104 Å². The van der Waals surface area contributed by atoms with Gasteiger partial charge in [-0.05, 0) is 0 Å². The zero-order chi connectivity index (χ0) is 26.3. The number of rotatable bonds is 5. The van der Waals surface area contributed by atoms with Crippen molar-refractivity contribution in [2.75, 3.05) is 6.61 Å². The summed E-state index contributed by atoms with van der Waals surface area (Å²) in [6, 6.07) is 10.7. The van der Waals surface area contributed by atoms with Gasteiger partial charge < -0.3 is 0 Å². The SMILES string of the molecule is O=C(OCc1ccccc1)[C@@H]1COC(=O)N1C(=O)Cn1c2ccc(C(F)(F)F)cc2c2c([AsH2])ncnc21. The van der Waals surface area contributed by atoms with E-state index in [1.54, 1.807) is 30.3 Å². The van der Waals surface area contributed by atoms with E-state index in [4.69, 9.17) is 9.47 Å². The van der Waals surface area contributed by atoms with E-state index in [0.29, 0.717) is 20.3 Å². The number of amides is 2. The molecule has 2 aromatic carbocycles. The van der Waals surface area contributed by atoms with Gasteiger partial charge in [-0.25, -0.2) is 0 Å². The zero-order valence-corrected chi connectivity index (χ0v) is 21.4. The Bertz CT molecular complexity index is 1540. The van der Waals surface area contributed by atoms with Gasteiger partial charge in [0.25, 0.3) is 0 Å². The number of aromatic nitrogens is 3. The number of ether oxygens (including phenoxy) is 2. The molecule has 5 rings (SSSR count). The number of nitrogens with zero attached hydrogens (tertiary/aromatic N) is 4. The van der Waals surface area contributed by atoms with Gasteiger partial charge in [0.15, 0.2) is 0 Å². The Morgan fingerprint density at radius 1 is 1.14 bits per heavy atom. The van der Waals surface area contributed by atoms with Crippen molar-refractivity contribution in [1.29, 1.82) is 0 Å². The van der Waals surface area contributed by atoms with Crippen LogP contribution in [0.2, 0.25) is 0 Å². The summed E-state index contributed by atoms with van der Waals surface area (Å²) in [5, 5.41) is 0.597. The van der Waals surface area contributed by atoms with Gasteiger partial charge in [0.2, 0.25) is 0 Å². The Morgan fingerprint density at radius 2 is 1.89 bits per heavy atom. The van der Waals surface area contributed by atoms with Gasteiger partial charge in [-0.3, -0.25) is 0 Å². The maximum atomic E-state index is 13.4. The summed E-state index contributed by atoms with van der Waals surface area (Å²) in [5.41, 5.74) is 0.393. The number of cyclic esters (lactones) is 1. The van der Waals surface area contributed by atoms with Crippen LogP contribution < -0.4 is 4.48 Å². The first-order chi connectivity index (χ1) is 17.6. The van der Waals surface area contributed by atoms with Crippen molar-refractivity contribution in [1.82, 2.24) is 19.4 Å². The van der Waals surface area contributed by atoms with Crippen LogP contribution in [0.25, 0.3) is 21.9 Å². The van der Waals surface area contributed by atoms with E-state index in [9.17, 15) is 27.6 Å². The molecule has 0 spiro atoms. The number of imide groups is 1. The summed E-state index contributed by atoms with van der Waals surface area (Å²) in [6.45, 7) is -0.907. The van der Waals surface area contributed by atoms with Gasteiger partial charge in [-0.15, -0.1) is 0 Å². The van der Waals surface area contributed by atoms with E-state index in [1.807, 2.05) is 0 Å². The van der Waals surface area contributed by atoms with Crippen molar-refractivity contribution in [3.05, 3.63) is 66.0 Å². The molecule has 0 saturated carbocycles. The number of hydrogen-bond acceptors (Lipinski definition) is 7. The van der Waals surface area contributed by atoms with Crippen molar-refractivity contribution in [3.63, 3.8) is 0 Å². The molecule has 1 saturated heterocycles. The minimum atomic E-state index is -4.57. The Balaban J connectivity index is 1.46. The molecule has 9 nitrogen and oxygen atoms in total. The Kier molecular flexibility index (Phi) is 6.36. The molecule has 2 amide bonds. The molecule has 1 aliphatic heterocycles. The molecule has 0 aliphatic carbocycles. The fourth-order valence-corrected chi connectivity index (χ4v) is 4.92. The first-order valence-electron chi connectivity index (χ1n) is 10.9. The normalized spacial score (nSPS) is 15.8. The fraction of sp³-hybridized carbons (Fsp3) is 0.208. The monoisotopic (exact) mass is 574 g/mol. The molecule has 2 atom stereocenters. The molecule has 13 heteroatoms. The molecule has 190 valence electrons. The molecular weight excluding hydrogens is 556 g/mol.